The van der Waals surface area contributed by atoms with E-state index in [9.17, 15) is 9.59 Å². The van der Waals surface area contributed by atoms with Crippen LogP contribution in [0.15, 0.2) is 24.3 Å². The summed E-state index contributed by atoms with van der Waals surface area (Å²) in [4.78, 5) is 23.5. The van der Waals surface area contributed by atoms with Crippen LogP contribution in [0.25, 0.3) is 0 Å². The van der Waals surface area contributed by atoms with Gasteiger partial charge in [0.05, 0.1) is 0 Å². The number of fused-ring (bicyclic) bond motifs is 1. The molecule has 0 spiro atoms. The zero-order chi connectivity index (χ0) is 15.0. The number of methoxy groups -OCH3 is 2. The van der Waals surface area contributed by atoms with Crippen LogP contribution in [0.4, 0.5) is 0 Å². The number of hydrogen-bond acceptors (Lipinski definition) is 5. The van der Waals surface area contributed by atoms with E-state index in [-0.39, 0.29) is 17.7 Å². The Morgan fingerprint density at radius 1 is 1.35 bits per heavy atom. The van der Waals surface area contributed by atoms with Gasteiger partial charge in [-0.15, -0.1) is 0 Å². The first-order valence-corrected chi connectivity index (χ1v) is 6.58. The van der Waals surface area contributed by atoms with E-state index in [1.54, 1.807) is 6.08 Å². The zero-order valence-corrected chi connectivity index (χ0v) is 12.2. The van der Waals surface area contributed by atoms with Crippen molar-refractivity contribution in [1.82, 2.24) is 0 Å². The molecule has 2 aliphatic rings. The number of carbonyl (C=O) groups excluding carboxylic acids is 2. The molecule has 2 aliphatic carbocycles. The molecule has 5 nitrogen and oxygen atoms in total. The van der Waals surface area contributed by atoms with Crippen molar-refractivity contribution >= 4 is 11.8 Å². The Bertz CT molecular complexity index is 475. The van der Waals surface area contributed by atoms with Crippen LogP contribution in [-0.2, 0) is 23.8 Å². The van der Waals surface area contributed by atoms with E-state index in [1.807, 2.05) is 19.1 Å². The topological polar surface area (TPSA) is 61.8 Å². The molecule has 0 saturated carbocycles. The van der Waals surface area contributed by atoms with Crippen LogP contribution in [0.2, 0.25) is 0 Å². The maximum Gasteiger partial charge on any atom is 0.303 e. The molecule has 5 heteroatoms. The molecule has 2 rings (SSSR count). The maximum absolute atomic E-state index is 12.2. The van der Waals surface area contributed by atoms with Crippen molar-refractivity contribution in [2.24, 2.45) is 11.3 Å². The van der Waals surface area contributed by atoms with Gasteiger partial charge in [-0.1, -0.05) is 19.1 Å². The lowest BCUT2D eigenvalue weighted by molar-refractivity contribution is -0.249. The molecule has 0 amide bonds. The van der Waals surface area contributed by atoms with E-state index >= 15 is 0 Å². The number of esters is 1. The van der Waals surface area contributed by atoms with Crippen LogP contribution in [-0.4, -0.2) is 37.9 Å². The smallest absolute Gasteiger partial charge is 0.303 e. The Balaban J connectivity index is 2.48. The van der Waals surface area contributed by atoms with Crippen molar-refractivity contribution < 1.29 is 23.8 Å². The summed E-state index contributed by atoms with van der Waals surface area (Å²) in [6, 6.07) is 0. The fourth-order valence-electron chi connectivity index (χ4n) is 3.23. The molecule has 0 saturated heterocycles. The van der Waals surface area contributed by atoms with Gasteiger partial charge in [0.1, 0.15) is 6.10 Å². The molecule has 0 aliphatic heterocycles. The second-order valence-electron chi connectivity index (χ2n) is 5.39. The maximum atomic E-state index is 12.2. The Hall–Kier alpha value is -1.46. The van der Waals surface area contributed by atoms with E-state index in [2.05, 4.69) is 0 Å². The molecule has 0 aromatic heterocycles. The van der Waals surface area contributed by atoms with E-state index in [4.69, 9.17) is 14.2 Å². The van der Waals surface area contributed by atoms with Gasteiger partial charge in [0.15, 0.2) is 0 Å². The molecule has 0 bridgehead atoms. The Morgan fingerprint density at radius 2 is 2.00 bits per heavy atom. The lowest BCUT2D eigenvalue weighted by Crippen LogP contribution is -2.60. The Morgan fingerprint density at radius 3 is 2.55 bits per heavy atom. The summed E-state index contributed by atoms with van der Waals surface area (Å²) in [6.07, 6.45) is 7.19. The molecular weight excluding hydrogens is 260 g/mol. The average molecular weight is 280 g/mol. The Labute approximate surface area is 118 Å². The fourth-order valence-corrected chi connectivity index (χ4v) is 3.23. The number of ketones is 1. The first-order valence-electron chi connectivity index (χ1n) is 6.58. The van der Waals surface area contributed by atoms with E-state index in [0.29, 0.717) is 6.42 Å². The van der Waals surface area contributed by atoms with Crippen LogP contribution < -0.4 is 0 Å². The largest absolute Gasteiger partial charge is 0.457 e. The average Bonchev–Trinajstić information content (AvgIpc) is 2.41. The summed E-state index contributed by atoms with van der Waals surface area (Å²) in [5, 5.41) is 0. The van der Waals surface area contributed by atoms with Crippen LogP contribution in [0.3, 0.4) is 0 Å². The van der Waals surface area contributed by atoms with Crippen molar-refractivity contribution in [3.8, 4) is 0 Å². The normalized spacial score (nSPS) is 34.7. The molecule has 3 atom stereocenters. The third-order valence-corrected chi connectivity index (χ3v) is 4.34. The van der Waals surface area contributed by atoms with Crippen LogP contribution in [0, 0.1) is 11.3 Å². The van der Waals surface area contributed by atoms with Crippen molar-refractivity contribution in [2.45, 2.75) is 32.2 Å². The highest BCUT2D eigenvalue weighted by Gasteiger charge is 2.59. The first-order chi connectivity index (χ1) is 9.40. The predicted octanol–water partition coefficient (Wildman–Crippen LogP) is 1.63. The van der Waals surface area contributed by atoms with Gasteiger partial charge >= 0.3 is 5.97 Å². The molecular formula is C15H20O5. The van der Waals surface area contributed by atoms with E-state index < -0.39 is 17.3 Å². The van der Waals surface area contributed by atoms with Crippen molar-refractivity contribution in [2.75, 3.05) is 14.2 Å². The lowest BCUT2D eigenvalue weighted by atomic mass is 9.61. The Kier molecular flexibility index (Phi) is 3.84. The number of ether oxygens (including phenoxy) is 3. The van der Waals surface area contributed by atoms with Gasteiger partial charge in [0, 0.05) is 32.5 Å². The first kappa shape index (κ1) is 14.9. The number of allylic oxidation sites excluding steroid dienone is 1. The molecule has 0 unspecified atom stereocenters. The van der Waals surface area contributed by atoms with Crippen molar-refractivity contribution in [3.63, 3.8) is 0 Å². The molecule has 0 fully saturated rings. The van der Waals surface area contributed by atoms with Gasteiger partial charge in [-0.25, -0.2) is 0 Å². The van der Waals surface area contributed by atoms with Gasteiger partial charge in [-0.2, -0.15) is 0 Å². The monoisotopic (exact) mass is 280 g/mol. The number of hydrogen-bond donors (Lipinski definition) is 0. The second-order valence-corrected chi connectivity index (χ2v) is 5.39. The highest BCUT2D eigenvalue weighted by atomic mass is 16.7. The molecule has 0 heterocycles. The minimum Gasteiger partial charge on any atom is -0.457 e. The van der Waals surface area contributed by atoms with Gasteiger partial charge < -0.3 is 14.2 Å². The molecule has 110 valence electrons. The SMILES string of the molecule is COC1(OC)C(=O)C=C[C@@]2(C)[C@@H](OC(C)=O)C=CC[C@@H]12. The molecule has 0 aromatic carbocycles. The minimum absolute atomic E-state index is 0.221. The molecule has 0 aromatic rings. The third kappa shape index (κ3) is 2.01. The van der Waals surface area contributed by atoms with E-state index in [0.717, 1.165) is 0 Å². The molecule has 20 heavy (non-hydrogen) atoms. The lowest BCUT2D eigenvalue weighted by Gasteiger charge is -2.51. The van der Waals surface area contributed by atoms with E-state index in [1.165, 1.54) is 27.2 Å². The highest BCUT2D eigenvalue weighted by molar-refractivity contribution is 5.97. The van der Waals surface area contributed by atoms with Crippen molar-refractivity contribution in [1.29, 1.82) is 0 Å². The standard InChI is InChI=1S/C15H20O5/c1-10(16)20-13-7-5-6-11-14(13,2)9-8-12(17)15(11,18-3)19-4/h5,7-9,11,13H,6H2,1-4H3/t11-,13+,14-/m1/s1. The van der Waals surface area contributed by atoms with Crippen LogP contribution in [0.1, 0.15) is 20.3 Å². The van der Waals surface area contributed by atoms with Gasteiger partial charge in [0.25, 0.3) is 0 Å². The summed E-state index contributed by atoms with van der Waals surface area (Å²) in [6.45, 7) is 3.32. The fraction of sp³-hybridized carbons (Fsp3) is 0.600. The van der Waals surface area contributed by atoms with Gasteiger partial charge in [0.2, 0.25) is 11.6 Å². The predicted molar refractivity (Wildman–Crippen MR) is 71.8 cm³/mol. The summed E-state index contributed by atoms with van der Waals surface area (Å²) in [5.74, 6) is -2.15. The highest BCUT2D eigenvalue weighted by Crippen LogP contribution is 2.50. The summed E-state index contributed by atoms with van der Waals surface area (Å²) >= 11 is 0. The van der Waals surface area contributed by atoms with Crippen molar-refractivity contribution in [3.05, 3.63) is 24.3 Å². The van der Waals surface area contributed by atoms with Gasteiger partial charge in [-0.05, 0) is 18.6 Å². The van der Waals surface area contributed by atoms with Gasteiger partial charge in [-0.3, -0.25) is 9.59 Å². The minimum atomic E-state index is -1.33. The summed E-state index contributed by atoms with van der Waals surface area (Å²) in [7, 11) is 2.92. The van der Waals surface area contributed by atoms with Crippen LogP contribution in [0.5, 0.6) is 0 Å². The summed E-state index contributed by atoms with van der Waals surface area (Å²) in [5.41, 5.74) is -0.541. The van der Waals surface area contributed by atoms with Crippen LogP contribution >= 0.6 is 0 Å². The zero-order valence-electron chi connectivity index (χ0n) is 12.2. The number of rotatable bonds is 3. The molecule has 0 radical (unpaired) electrons. The molecule has 0 N–H and O–H groups in total. The number of carbonyl (C=O) groups is 2. The quantitative estimate of drug-likeness (QED) is 0.447. The third-order valence-electron chi connectivity index (χ3n) is 4.34. The second kappa shape index (κ2) is 5.14. The summed E-state index contributed by atoms with van der Waals surface area (Å²) < 4.78 is 16.2.